The Labute approximate surface area is 213 Å². The third-order valence-corrected chi connectivity index (χ3v) is 8.34. The van der Waals surface area contributed by atoms with E-state index in [1.807, 2.05) is 0 Å². The molecule has 1 fully saturated rings. The second kappa shape index (κ2) is 11.6. The van der Waals surface area contributed by atoms with Gasteiger partial charge >= 0.3 is 0 Å². The van der Waals surface area contributed by atoms with Gasteiger partial charge in [0, 0.05) is 25.7 Å². The molecule has 0 spiro atoms. The molecular formula is C28H33N3O4S. The second-order valence-electron chi connectivity index (χ2n) is 9.03. The van der Waals surface area contributed by atoms with E-state index >= 15 is 0 Å². The van der Waals surface area contributed by atoms with Gasteiger partial charge in [-0.05, 0) is 85.6 Å². The highest BCUT2D eigenvalue weighted by atomic mass is 32.2. The normalized spacial score (nSPS) is 14.3. The topological polar surface area (TPSA) is 79.0 Å². The fraction of sp³-hybridized carbons (Fsp3) is 0.321. The zero-order valence-corrected chi connectivity index (χ0v) is 21.6. The molecular weight excluding hydrogens is 474 g/mol. The van der Waals surface area contributed by atoms with Gasteiger partial charge < -0.3 is 10.1 Å². The number of piperidine rings is 1. The Hall–Kier alpha value is -3.36. The zero-order valence-electron chi connectivity index (χ0n) is 20.8. The van der Waals surface area contributed by atoms with Crippen molar-refractivity contribution in [3.63, 3.8) is 0 Å². The van der Waals surface area contributed by atoms with Crippen LogP contribution in [0.25, 0.3) is 0 Å². The fourth-order valence-corrected chi connectivity index (χ4v) is 5.49. The molecule has 0 radical (unpaired) electrons. The molecule has 7 nitrogen and oxygen atoms in total. The van der Waals surface area contributed by atoms with Crippen LogP contribution < -0.4 is 14.4 Å². The number of nitrogens with zero attached hydrogens (tertiary/aromatic N) is 2. The van der Waals surface area contributed by atoms with Gasteiger partial charge in [-0.25, -0.2) is 8.42 Å². The summed E-state index contributed by atoms with van der Waals surface area (Å²) >= 11 is 0. The number of nitrogens with one attached hydrogen (secondary N) is 1. The van der Waals surface area contributed by atoms with Crippen molar-refractivity contribution in [1.82, 2.24) is 10.2 Å². The first-order chi connectivity index (χ1) is 17.4. The summed E-state index contributed by atoms with van der Waals surface area (Å²) in [6, 6.07) is 21.1. The van der Waals surface area contributed by atoms with Crippen molar-refractivity contribution in [3.8, 4) is 5.75 Å². The van der Waals surface area contributed by atoms with Crippen molar-refractivity contribution in [1.29, 1.82) is 0 Å². The lowest BCUT2D eigenvalue weighted by atomic mass is 10.1. The Kier molecular flexibility index (Phi) is 8.28. The fourth-order valence-electron chi connectivity index (χ4n) is 4.29. The van der Waals surface area contributed by atoms with Crippen LogP contribution in [-0.2, 0) is 23.1 Å². The highest BCUT2D eigenvalue weighted by molar-refractivity contribution is 7.92. The van der Waals surface area contributed by atoms with Gasteiger partial charge in [0.25, 0.3) is 15.9 Å². The Morgan fingerprint density at radius 3 is 2.11 bits per heavy atom. The predicted octanol–water partition coefficient (Wildman–Crippen LogP) is 4.44. The van der Waals surface area contributed by atoms with Crippen molar-refractivity contribution in [2.24, 2.45) is 0 Å². The summed E-state index contributed by atoms with van der Waals surface area (Å²) in [6.45, 7) is 3.73. The van der Waals surface area contributed by atoms with E-state index in [0.29, 0.717) is 23.5 Å². The predicted molar refractivity (Wildman–Crippen MR) is 142 cm³/mol. The molecule has 1 heterocycles. The number of methoxy groups -OCH3 is 1. The molecule has 1 saturated heterocycles. The smallest absolute Gasteiger partial charge is 0.264 e. The molecule has 0 atom stereocenters. The molecule has 8 heteroatoms. The van der Waals surface area contributed by atoms with Crippen LogP contribution in [0.15, 0.2) is 77.7 Å². The summed E-state index contributed by atoms with van der Waals surface area (Å²) in [7, 11) is -0.718. The minimum absolute atomic E-state index is 0.162. The Balaban J connectivity index is 1.32. The molecule has 3 aromatic carbocycles. The molecule has 1 N–H and O–H groups in total. The van der Waals surface area contributed by atoms with E-state index < -0.39 is 10.0 Å². The number of benzene rings is 3. The SMILES string of the molecule is COc1ccc(S(=O)(=O)N(C)c2ccc(C(=O)NCc3ccc(CN4CCCCC4)cc3)cc2)cc1. The van der Waals surface area contributed by atoms with Gasteiger partial charge in [0.15, 0.2) is 0 Å². The van der Waals surface area contributed by atoms with E-state index in [0.717, 1.165) is 12.1 Å². The average molecular weight is 508 g/mol. The highest BCUT2D eigenvalue weighted by Gasteiger charge is 2.21. The first-order valence-electron chi connectivity index (χ1n) is 12.2. The van der Waals surface area contributed by atoms with E-state index in [1.54, 1.807) is 36.4 Å². The number of carbonyl (C=O) groups is 1. The van der Waals surface area contributed by atoms with Gasteiger partial charge in [0.1, 0.15) is 5.75 Å². The van der Waals surface area contributed by atoms with Crippen LogP contribution >= 0.6 is 0 Å². The van der Waals surface area contributed by atoms with E-state index in [1.165, 1.54) is 68.5 Å². The zero-order chi connectivity index (χ0) is 25.5. The largest absolute Gasteiger partial charge is 0.497 e. The summed E-state index contributed by atoms with van der Waals surface area (Å²) in [6.07, 6.45) is 3.89. The molecule has 1 aliphatic heterocycles. The van der Waals surface area contributed by atoms with Crippen molar-refractivity contribution >= 4 is 21.6 Å². The Bertz CT molecular complexity index is 1250. The van der Waals surface area contributed by atoms with Crippen LogP contribution in [-0.4, -0.2) is 46.5 Å². The number of carbonyl (C=O) groups excluding carboxylic acids is 1. The lowest BCUT2D eigenvalue weighted by molar-refractivity contribution is 0.0951. The summed E-state index contributed by atoms with van der Waals surface area (Å²) in [5, 5.41) is 2.94. The Morgan fingerprint density at radius 1 is 0.889 bits per heavy atom. The molecule has 0 unspecified atom stereocenters. The highest BCUT2D eigenvalue weighted by Crippen LogP contribution is 2.24. The second-order valence-corrected chi connectivity index (χ2v) is 11.0. The maximum Gasteiger partial charge on any atom is 0.264 e. The van der Waals surface area contributed by atoms with Gasteiger partial charge in [-0.15, -0.1) is 0 Å². The van der Waals surface area contributed by atoms with Gasteiger partial charge in [-0.1, -0.05) is 30.7 Å². The third kappa shape index (κ3) is 6.25. The van der Waals surface area contributed by atoms with Crippen molar-refractivity contribution in [3.05, 3.63) is 89.5 Å². The molecule has 1 amide bonds. The molecule has 36 heavy (non-hydrogen) atoms. The lowest BCUT2D eigenvalue weighted by Crippen LogP contribution is -2.29. The Morgan fingerprint density at radius 2 is 1.50 bits per heavy atom. The summed E-state index contributed by atoms with van der Waals surface area (Å²) in [5.41, 5.74) is 3.26. The van der Waals surface area contributed by atoms with Crippen LogP contribution in [0.3, 0.4) is 0 Å². The molecule has 1 aliphatic rings. The number of amides is 1. The van der Waals surface area contributed by atoms with Crippen LogP contribution in [0.5, 0.6) is 5.75 Å². The number of hydrogen-bond donors (Lipinski definition) is 1. The minimum atomic E-state index is -3.74. The van der Waals surface area contributed by atoms with Gasteiger partial charge in [0.2, 0.25) is 0 Å². The van der Waals surface area contributed by atoms with Crippen LogP contribution in [0, 0.1) is 0 Å². The van der Waals surface area contributed by atoms with E-state index in [-0.39, 0.29) is 10.8 Å². The first-order valence-corrected chi connectivity index (χ1v) is 13.6. The van der Waals surface area contributed by atoms with Crippen LogP contribution in [0.2, 0.25) is 0 Å². The quantitative estimate of drug-likeness (QED) is 0.463. The lowest BCUT2D eigenvalue weighted by Gasteiger charge is -2.26. The monoisotopic (exact) mass is 507 g/mol. The van der Waals surface area contributed by atoms with E-state index in [2.05, 4.69) is 34.5 Å². The molecule has 190 valence electrons. The number of rotatable bonds is 9. The number of sulfonamides is 1. The van der Waals surface area contributed by atoms with E-state index in [9.17, 15) is 13.2 Å². The number of likely N-dealkylation sites (tertiary alicyclic amines) is 1. The molecule has 3 aromatic rings. The first kappa shape index (κ1) is 25.7. The number of hydrogen-bond acceptors (Lipinski definition) is 5. The van der Waals surface area contributed by atoms with Crippen LogP contribution in [0.4, 0.5) is 5.69 Å². The maximum atomic E-state index is 12.9. The minimum Gasteiger partial charge on any atom is -0.497 e. The summed E-state index contributed by atoms with van der Waals surface area (Å²) < 4.78 is 32.2. The van der Waals surface area contributed by atoms with Gasteiger partial charge in [0.05, 0.1) is 17.7 Å². The average Bonchev–Trinajstić information content (AvgIpc) is 2.92. The molecule has 0 bridgehead atoms. The van der Waals surface area contributed by atoms with Crippen molar-refractivity contribution in [2.75, 3.05) is 31.6 Å². The maximum absolute atomic E-state index is 12.9. The van der Waals surface area contributed by atoms with Gasteiger partial charge in [-0.3, -0.25) is 14.0 Å². The van der Waals surface area contributed by atoms with Crippen LogP contribution in [0.1, 0.15) is 40.7 Å². The molecule has 0 aromatic heterocycles. The summed E-state index contributed by atoms with van der Waals surface area (Å²) in [4.78, 5) is 15.3. The van der Waals surface area contributed by atoms with Crippen molar-refractivity contribution in [2.45, 2.75) is 37.2 Å². The van der Waals surface area contributed by atoms with E-state index in [4.69, 9.17) is 4.74 Å². The van der Waals surface area contributed by atoms with Gasteiger partial charge in [-0.2, -0.15) is 0 Å². The summed E-state index contributed by atoms with van der Waals surface area (Å²) in [5.74, 6) is 0.375. The van der Waals surface area contributed by atoms with Crippen molar-refractivity contribution < 1.29 is 17.9 Å². The standard InChI is InChI=1S/C28H33N3O4S/c1-30(36(33,34)27-16-14-26(35-2)15-17-27)25-12-10-24(11-13-25)28(32)29-20-22-6-8-23(9-7-22)21-31-18-4-3-5-19-31/h6-17H,3-5,18-21H2,1-2H3,(H,29,32). The molecule has 0 aliphatic carbocycles. The third-order valence-electron chi connectivity index (χ3n) is 6.54. The molecule has 4 rings (SSSR count). The number of ether oxygens (including phenoxy) is 1. The molecule has 0 saturated carbocycles. The number of anilines is 1.